The SMILES string of the molecule is O=C(O)CCCN1C(=O)[C@@H]2[C@H]3C[C@@H]([C@@H]2C1=O)[C@@H]1[C@H](c2ccc(Cl)cc2)c2sc(=O)[nH]c2S[C@@H]31. The molecule has 0 unspecified atom stereocenters. The van der Waals surface area contributed by atoms with Gasteiger partial charge in [0.15, 0.2) is 0 Å². The van der Waals surface area contributed by atoms with Crippen LogP contribution in [0.3, 0.4) is 0 Å². The van der Waals surface area contributed by atoms with Crippen LogP contribution >= 0.6 is 34.7 Å². The van der Waals surface area contributed by atoms with E-state index in [2.05, 4.69) is 4.98 Å². The second kappa shape index (κ2) is 7.71. The Bertz CT molecular complexity index is 1220. The molecule has 2 N–H and O–H groups in total. The van der Waals surface area contributed by atoms with E-state index in [1.54, 1.807) is 11.8 Å². The highest BCUT2D eigenvalue weighted by atomic mass is 35.5. The largest absolute Gasteiger partial charge is 0.481 e. The third-order valence-electron chi connectivity index (χ3n) is 7.82. The van der Waals surface area contributed by atoms with Crippen molar-refractivity contribution in [1.29, 1.82) is 0 Å². The predicted molar refractivity (Wildman–Crippen MR) is 124 cm³/mol. The lowest BCUT2D eigenvalue weighted by Gasteiger charge is -2.43. The molecule has 1 aromatic carbocycles. The fourth-order valence-electron chi connectivity index (χ4n) is 6.73. The lowest BCUT2D eigenvalue weighted by molar-refractivity contribution is -0.142. The molecule has 2 bridgehead atoms. The Kier molecular flexibility index (Phi) is 5.01. The Labute approximate surface area is 202 Å². The van der Waals surface area contributed by atoms with Gasteiger partial charge in [0.05, 0.1) is 16.9 Å². The fourth-order valence-corrected chi connectivity index (χ4v) is 9.75. The number of aliphatic carboxylic acids is 1. The molecule has 7 nitrogen and oxygen atoms in total. The second-order valence-electron chi connectivity index (χ2n) is 9.34. The minimum Gasteiger partial charge on any atom is -0.481 e. The summed E-state index contributed by atoms with van der Waals surface area (Å²) in [5.74, 6) is -1.64. The maximum absolute atomic E-state index is 13.4. The van der Waals surface area contributed by atoms with E-state index in [0.29, 0.717) is 5.02 Å². The van der Waals surface area contributed by atoms with Crippen molar-refractivity contribution in [2.24, 2.45) is 29.6 Å². The van der Waals surface area contributed by atoms with Crippen molar-refractivity contribution in [1.82, 2.24) is 9.88 Å². The van der Waals surface area contributed by atoms with Gasteiger partial charge in [-0.1, -0.05) is 35.1 Å². The first-order chi connectivity index (χ1) is 15.8. The number of rotatable bonds is 5. The van der Waals surface area contributed by atoms with Gasteiger partial charge in [-0.15, -0.1) is 11.8 Å². The van der Waals surface area contributed by atoms with E-state index in [4.69, 9.17) is 16.7 Å². The van der Waals surface area contributed by atoms with E-state index in [9.17, 15) is 19.2 Å². The topological polar surface area (TPSA) is 108 Å². The Morgan fingerprint density at radius 1 is 1.12 bits per heavy atom. The van der Waals surface area contributed by atoms with Gasteiger partial charge >= 0.3 is 10.8 Å². The summed E-state index contributed by atoms with van der Waals surface area (Å²) in [7, 11) is 0. The van der Waals surface area contributed by atoms with Crippen molar-refractivity contribution >= 4 is 52.5 Å². The number of amides is 2. The van der Waals surface area contributed by atoms with E-state index in [0.717, 1.165) is 21.9 Å². The number of nitrogens with zero attached hydrogens (tertiary/aromatic N) is 1. The van der Waals surface area contributed by atoms with Gasteiger partial charge in [-0.05, 0) is 48.3 Å². The highest BCUT2D eigenvalue weighted by molar-refractivity contribution is 8.00. The lowest BCUT2D eigenvalue weighted by atomic mass is 9.68. The van der Waals surface area contributed by atoms with Crippen LogP contribution in [0.4, 0.5) is 0 Å². The first kappa shape index (κ1) is 21.4. The van der Waals surface area contributed by atoms with E-state index in [-0.39, 0.29) is 76.8 Å². The number of aromatic nitrogens is 1. The maximum Gasteiger partial charge on any atom is 0.305 e. The summed E-state index contributed by atoms with van der Waals surface area (Å²) in [6, 6.07) is 7.70. The summed E-state index contributed by atoms with van der Waals surface area (Å²) in [4.78, 5) is 55.0. The van der Waals surface area contributed by atoms with Gasteiger partial charge in [-0.2, -0.15) is 0 Å². The Morgan fingerprint density at radius 2 is 1.82 bits per heavy atom. The lowest BCUT2D eigenvalue weighted by Crippen LogP contribution is -2.42. The molecule has 10 heteroatoms. The molecule has 2 aliphatic carbocycles. The van der Waals surface area contributed by atoms with Crippen LogP contribution in [0.5, 0.6) is 0 Å². The minimum atomic E-state index is -0.928. The van der Waals surface area contributed by atoms with Gasteiger partial charge in [0.1, 0.15) is 0 Å². The maximum atomic E-state index is 13.4. The van der Waals surface area contributed by atoms with Crippen LogP contribution in [-0.4, -0.2) is 44.6 Å². The molecule has 0 spiro atoms. The molecule has 2 aromatic rings. The number of carboxylic acid groups (broad SMARTS) is 1. The highest BCUT2D eigenvalue weighted by Gasteiger charge is 2.69. The molecule has 0 radical (unpaired) electrons. The zero-order chi connectivity index (χ0) is 23.0. The number of nitrogens with one attached hydrogen (secondary N) is 1. The highest BCUT2D eigenvalue weighted by Crippen LogP contribution is 2.68. The third kappa shape index (κ3) is 3.15. The summed E-state index contributed by atoms with van der Waals surface area (Å²) >= 11 is 9.02. The van der Waals surface area contributed by atoms with Gasteiger partial charge in [-0.3, -0.25) is 24.1 Å². The van der Waals surface area contributed by atoms with Crippen LogP contribution in [-0.2, 0) is 14.4 Å². The predicted octanol–water partition coefficient (Wildman–Crippen LogP) is 3.43. The molecular formula is C23H21ClN2O5S2. The number of benzene rings is 1. The molecule has 1 saturated heterocycles. The smallest absolute Gasteiger partial charge is 0.305 e. The molecule has 7 atom stereocenters. The number of H-pyrrole nitrogens is 1. The van der Waals surface area contributed by atoms with Crippen molar-refractivity contribution < 1.29 is 19.5 Å². The van der Waals surface area contributed by atoms with Gasteiger partial charge in [0, 0.05) is 34.0 Å². The average Bonchev–Trinajstić information content (AvgIpc) is 3.49. The van der Waals surface area contributed by atoms with E-state index in [1.165, 1.54) is 16.2 Å². The Morgan fingerprint density at radius 3 is 2.52 bits per heavy atom. The summed E-state index contributed by atoms with van der Waals surface area (Å²) in [5, 5.41) is 10.6. The number of aromatic amines is 1. The van der Waals surface area contributed by atoms with Crippen molar-refractivity contribution in [3.8, 4) is 0 Å². The molecule has 3 fully saturated rings. The van der Waals surface area contributed by atoms with E-state index in [1.807, 2.05) is 24.3 Å². The van der Waals surface area contributed by atoms with Gasteiger partial charge in [0.25, 0.3) is 0 Å². The molecule has 33 heavy (non-hydrogen) atoms. The van der Waals surface area contributed by atoms with Crippen LogP contribution < -0.4 is 4.87 Å². The molecule has 2 amide bonds. The average molecular weight is 505 g/mol. The fraction of sp³-hybridized carbons (Fsp3) is 0.478. The zero-order valence-corrected chi connectivity index (χ0v) is 19.8. The first-order valence-corrected chi connectivity index (χ1v) is 13.1. The monoisotopic (exact) mass is 504 g/mol. The molecule has 172 valence electrons. The number of carbonyl (C=O) groups is 3. The number of thioether (sulfide) groups is 1. The Balaban J connectivity index is 1.37. The molecule has 6 rings (SSSR count). The quantitative estimate of drug-likeness (QED) is 0.604. The van der Waals surface area contributed by atoms with Gasteiger partial charge in [-0.25, -0.2) is 0 Å². The number of hydrogen-bond donors (Lipinski definition) is 2. The number of fused-ring (bicyclic) bond motifs is 9. The number of thiazole rings is 1. The summed E-state index contributed by atoms with van der Waals surface area (Å²) in [5.41, 5.74) is 1.07. The number of imide groups is 1. The van der Waals surface area contributed by atoms with Crippen molar-refractivity contribution in [2.45, 2.75) is 35.5 Å². The van der Waals surface area contributed by atoms with Crippen molar-refractivity contribution in [2.75, 3.05) is 6.54 Å². The summed E-state index contributed by atoms with van der Waals surface area (Å²) in [6.07, 6.45) is 1.04. The van der Waals surface area contributed by atoms with Crippen LogP contribution in [0.2, 0.25) is 5.02 Å². The number of likely N-dealkylation sites (tertiary alicyclic amines) is 1. The van der Waals surface area contributed by atoms with Crippen LogP contribution in [0.25, 0.3) is 0 Å². The van der Waals surface area contributed by atoms with Gasteiger partial charge < -0.3 is 10.1 Å². The van der Waals surface area contributed by atoms with Crippen molar-refractivity contribution in [3.05, 3.63) is 49.4 Å². The third-order valence-corrected chi connectivity index (χ3v) is 10.7. The van der Waals surface area contributed by atoms with Gasteiger partial charge in [0.2, 0.25) is 11.8 Å². The number of hydrogen-bond acceptors (Lipinski definition) is 6. The van der Waals surface area contributed by atoms with E-state index >= 15 is 0 Å². The number of halogens is 1. The van der Waals surface area contributed by atoms with Crippen molar-refractivity contribution in [3.63, 3.8) is 0 Å². The molecule has 4 aliphatic rings. The number of carbonyl (C=O) groups excluding carboxylic acids is 2. The normalized spacial score (nSPS) is 33.8. The second-order valence-corrected chi connectivity index (χ2v) is 12.0. The minimum absolute atomic E-state index is 0.0209. The molecular weight excluding hydrogens is 484 g/mol. The van der Waals surface area contributed by atoms with Crippen LogP contribution in [0.15, 0.2) is 34.1 Å². The number of carboxylic acids is 1. The molecule has 2 saturated carbocycles. The first-order valence-electron chi connectivity index (χ1n) is 11.1. The molecule has 1 aromatic heterocycles. The van der Waals surface area contributed by atoms with Crippen LogP contribution in [0, 0.1) is 29.6 Å². The summed E-state index contributed by atoms with van der Waals surface area (Å²) in [6.45, 7) is 0.167. The van der Waals surface area contributed by atoms with Crippen LogP contribution in [0.1, 0.15) is 35.6 Å². The summed E-state index contributed by atoms with van der Waals surface area (Å²) < 4.78 is 0. The molecule has 2 aliphatic heterocycles. The Hall–Kier alpha value is -2.10. The molecule has 3 heterocycles. The standard InChI is InChI=1S/C23H21ClN2O5S2/c24-10-5-3-9(4-6-10)14-15-11-8-12(18(15)32-20-19(14)33-23(31)25-20)17-16(11)21(29)26(22(17)30)7-1-2-13(27)28/h3-6,11-12,14-18H,1-2,7-8H2,(H,25,31)(H,27,28)/t11-,12-,14+,15-,16+,17-,18+/m1/s1. The zero-order valence-electron chi connectivity index (χ0n) is 17.4. The van der Waals surface area contributed by atoms with E-state index < -0.39 is 5.97 Å².